The van der Waals surface area contributed by atoms with Crippen molar-refractivity contribution in [3.05, 3.63) is 0 Å². The Morgan fingerprint density at radius 1 is 1.86 bits per heavy atom. The molecular weight excluding hydrogens is 128 g/mol. The molecular formula is C2H8O3Si2. The first kappa shape index (κ1) is 7.15. The van der Waals surface area contributed by atoms with Gasteiger partial charge in [-0.05, 0) is 6.55 Å². The fourth-order valence-electron chi connectivity index (χ4n) is 0.0481. The van der Waals surface area contributed by atoms with Crippen molar-refractivity contribution in [3.63, 3.8) is 0 Å². The minimum atomic E-state index is -2.62. The standard InChI is InChI=1S/C2H8O3Si2/c1-5-7(2,4)6-3/h4,6H,1-2H3. The number of hydrogen-bond donors (Lipinski definition) is 1. The zero-order chi connectivity index (χ0) is 5.91. The van der Waals surface area contributed by atoms with Crippen LogP contribution in [0.25, 0.3) is 0 Å². The van der Waals surface area contributed by atoms with Crippen LogP contribution in [0.1, 0.15) is 0 Å². The van der Waals surface area contributed by atoms with Crippen molar-refractivity contribution in [2.24, 2.45) is 0 Å². The fourth-order valence-corrected chi connectivity index (χ4v) is 0.433. The second-order valence-electron chi connectivity index (χ2n) is 1.38. The first-order valence-corrected chi connectivity index (χ1v) is 6.50. The molecule has 0 bridgehead atoms. The lowest BCUT2D eigenvalue weighted by Crippen LogP contribution is -2.36. The highest BCUT2D eigenvalue weighted by atomic mass is 29.2. The van der Waals surface area contributed by atoms with Crippen LogP contribution < -0.4 is 0 Å². The highest BCUT2D eigenvalue weighted by Crippen LogP contribution is 1.87. The summed E-state index contributed by atoms with van der Waals surface area (Å²) in [6.07, 6.45) is 0. The molecule has 0 aromatic heterocycles. The summed E-state index contributed by atoms with van der Waals surface area (Å²) in [7, 11) is -2.37. The van der Waals surface area contributed by atoms with Crippen LogP contribution in [-0.2, 0) is 8.89 Å². The van der Waals surface area contributed by atoms with Crippen molar-refractivity contribution >= 4 is 17.0 Å². The van der Waals surface area contributed by atoms with E-state index in [-0.39, 0.29) is 0 Å². The lowest BCUT2D eigenvalue weighted by atomic mass is 11.8. The van der Waals surface area contributed by atoms with E-state index < -0.39 is 17.0 Å². The Bertz CT molecular complexity index is 71.3. The van der Waals surface area contributed by atoms with E-state index >= 15 is 0 Å². The first-order chi connectivity index (χ1) is 3.12. The number of hydrogen-bond acceptors (Lipinski definition) is 3. The topological polar surface area (TPSA) is 46.5 Å². The Balaban J connectivity index is 3.58. The molecule has 0 aromatic rings. The second kappa shape index (κ2) is 2.46. The van der Waals surface area contributed by atoms with Crippen LogP contribution in [0.3, 0.4) is 0 Å². The van der Waals surface area contributed by atoms with Gasteiger partial charge >= 0.3 is 17.0 Å². The molecule has 0 aliphatic carbocycles. The van der Waals surface area contributed by atoms with Gasteiger partial charge in [-0.25, -0.2) is 0 Å². The van der Waals surface area contributed by atoms with Crippen molar-refractivity contribution in [3.8, 4) is 0 Å². The van der Waals surface area contributed by atoms with E-state index in [1.54, 1.807) is 0 Å². The average molecular weight is 136 g/mol. The molecule has 0 amide bonds. The highest BCUT2D eigenvalue weighted by molar-refractivity contribution is 7.10. The van der Waals surface area contributed by atoms with Gasteiger partial charge in [0.25, 0.3) is 0 Å². The van der Waals surface area contributed by atoms with Crippen LogP contribution in [0, 0.1) is 0 Å². The van der Waals surface area contributed by atoms with Gasteiger partial charge in [0.15, 0.2) is 0 Å². The third-order valence-electron chi connectivity index (χ3n) is 0.632. The molecule has 0 rings (SSSR count). The van der Waals surface area contributed by atoms with Crippen LogP contribution in [-0.4, -0.2) is 28.9 Å². The van der Waals surface area contributed by atoms with Gasteiger partial charge in [0.05, 0.1) is 0 Å². The molecule has 1 N–H and O–H groups in total. The van der Waals surface area contributed by atoms with Crippen LogP contribution in [0.4, 0.5) is 0 Å². The maximum Gasteiger partial charge on any atom is 0.375 e. The van der Waals surface area contributed by atoms with E-state index in [4.69, 9.17) is 4.80 Å². The summed E-state index contributed by atoms with van der Waals surface area (Å²) in [6, 6.07) is 0. The van der Waals surface area contributed by atoms with E-state index in [1.807, 2.05) is 0 Å². The Hall–Kier alpha value is 0.154. The lowest BCUT2D eigenvalue weighted by molar-refractivity contribution is 0.318. The lowest BCUT2D eigenvalue weighted by Gasteiger charge is -2.05. The smallest absolute Gasteiger partial charge is 0.375 e. The van der Waals surface area contributed by atoms with Gasteiger partial charge in [-0.1, -0.05) is 0 Å². The summed E-state index contributed by atoms with van der Waals surface area (Å²) < 4.78 is 14.5. The quantitative estimate of drug-likeness (QED) is 0.494. The molecule has 1 unspecified atom stereocenters. The molecule has 1 atom stereocenters. The predicted molar refractivity (Wildman–Crippen MR) is 28.7 cm³/mol. The molecule has 0 radical (unpaired) electrons. The maximum atomic E-state index is 9.95. The Kier molecular flexibility index (Phi) is 2.51. The van der Waals surface area contributed by atoms with Crippen LogP contribution in [0.15, 0.2) is 0 Å². The van der Waals surface area contributed by atoms with Crippen LogP contribution in [0.5, 0.6) is 0 Å². The van der Waals surface area contributed by atoms with Crippen LogP contribution >= 0.6 is 0 Å². The summed E-state index contributed by atoms with van der Waals surface area (Å²) in [5.74, 6) is 0. The predicted octanol–water partition coefficient (Wildman–Crippen LogP) is -1.02. The minimum Gasteiger partial charge on any atom is -0.409 e. The summed E-state index contributed by atoms with van der Waals surface area (Å²) >= 11 is 0. The minimum absolute atomic E-state index is 1.11. The van der Waals surface area contributed by atoms with Crippen molar-refractivity contribution in [2.45, 2.75) is 6.55 Å². The molecule has 7 heavy (non-hydrogen) atoms. The summed E-state index contributed by atoms with van der Waals surface area (Å²) in [5, 5.41) is 0. The molecule has 0 saturated heterocycles. The van der Waals surface area contributed by atoms with E-state index in [0.717, 1.165) is 0 Å². The summed E-state index contributed by atoms with van der Waals surface area (Å²) in [6.45, 7) is 1.50. The molecule has 0 aromatic carbocycles. The monoisotopic (exact) mass is 136 g/mol. The average Bonchev–Trinajstić information content (AvgIpc) is 1.68. The van der Waals surface area contributed by atoms with E-state index in [2.05, 4.69) is 4.43 Å². The van der Waals surface area contributed by atoms with Crippen molar-refractivity contribution in [1.29, 1.82) is 0 Å². The van der Waals surface area contributed by atoms with E-state index in [1.165, 1.54) is 13.7 Å². The zero-order valence-electron chi connectivity index (χ0n) is 4.34. The van der Waals surface area contributed by atoms with Gasteiger partial charge in [-0.15, -0.1) is 0 Å². The third-order valence-corrected chi connectivity index (χ3v) is 3.91. The number of rotatable bonds is 2. The Labute approximate surface area is 45.2 Å². The Morgan fingerprint density at radius 3 is 2.29 bits per heavy atom. The van der Waals surface area contributed by atoms with Crippen molar-refractivity contribution in [2.75, 3.05) is 7.11 Å². The van der Waals surface area contributed by atoms with Crippen LogP contribution in [0.2, 0.25) is 6.55 Å². The van der Waals surface area contributed by atoms with E-state index in [0.29, 0.717) is 0 Å². The molecule has 0 spiro atoms. The largest absolute Gasteiger partial charge is 0.409 e. The Morgan fingerprint density at radius 2 is 2.29 bits per heavy atom. The van der Waals surface area contributed by atoms with E-state index in [9.17, 15) is 4.46 Å². The van der Waals surface area contributed by atoms with Gasteiger partial charge in [-0.3, -0.25) is 0 Å². The SMILES string of the molecule is CO[Si](C)(O)[SiH]=O. The summed E-state index contributed by atoms with van der Waals surface area (Å²) in [4.78, 5) is 8.77. The van der Waals surface area contributed by atoms with Crippen molar-refractivity contribution < 1.29 is 13.7 Å². The van der Waals surface area contributed by atoms with Gasteiger partial charge < -0.3 is 13.7 Å². The molecule has 3 nitrogen and oxygen atoms in total. The molecule has 0 fully saturated rings. The summed E-state index contributed by atoms with van der Waals surface area (Å²) in [5.41, 5.74) is 0. The fraction of sp³-hybridized carbons (Fsp3) is 1.00. The second-order valence-corrected chi connectivity index (χ2v) is 8.05. The normalized spacial score (nSPS) is 18.1. The van der Waals surface area contributed by atoms with Gasteiger partial charge in [0.2, 0.25) is 0 Å². The van der Waals surface area contributed by atoms with Gasteiger partial charge in [-0.2, -0.15) is 0 Å². The third kappa shape index (κ3) is 2.80. The highest BCUT2D eigenvalue weighted by Gasteiger charge is 2.24. The zero-order valence-corrected chi connectivity index (χ0v) is 6.50. The van der Waals surface area contributed by atoms with Gasteiger partial charge in [0.1, 0.15) is 0 Å². The first-order valence-electron chi connectivity index (χ1n) is 1.86. The molecule has 0 heterocycles. The maximum absolute atomic E-state index is 9.95. The molecule has 42 valence electrons. The van der Waals surface area contributed by atoms with Gasteiger partial charge in [0, 0.05) is 7.11 Å². The molecule has 0 saturated carbocycles. The molecule has 0 aliphatic heterocycles. The molecule has 0 aliphatic rings. The molecule has 5 heteroatoms. The van der Waals surface area contributed by atoms with Crippen molar-refractivity contribution in [1.82, 2.24) is 0 Å².